The van der Waals surface area contributed by atoms with Crippen LogP contribution in [0, 0.1) is 0 Å². The fourth-order valence-electron chi connectivity index (χ4n) is 2.86. The van der Waals surface area contributed by atoms with E-state index in [0.717, 1.165) is 31.0 Å². The Kier molecular flexibility index (Phi) is 2.46. The lowest BCUT2D eigenvalue weighted by Crippen LogP contribution is -2.22. The van der Waals surface area contributed by atoms with E-state index in [1.54, 1.807) is 11.3 Å². The number of likely N-dealkylation sites (tertiary alicyclic amines) is 1. The minimum atomic E-state index is -0.139. The average Bonchev–Trinajstić information content (AvgIpc) is 2.80. The van der Waals surface area contributed by atoms with Gasteiger partial charge in [0.1, 0.15) is 0 Å². The van der Waals surface area contributed by atoms with Crippen molar-refractivity contribution in [1.82, 2.24) is 14.3 Å². The molecule has 1 saturated heterocycles. The smallest absolute Gasteiger partial charge is 0.194 e. The molecule has 2 fully saturated rings. The van der Waals surface area contributed by atoms with Crippen LogP contribution in [0.15, 0.2) is 11.6 Å². The van der Waals surface area contributed by atoms with Gasteiger partial charge in [0.25, 0.3) is 0 Å². The molecule has 18 heavy (non-hydrogen) atoms. The molecule has 2 aromatic heterocycles. The highest BCUT2D eigenvalue weighted by atomic mass is 32.1. The number of rotatable bonds is 3. The van der Waals surface area contributed by atoms with Crippen molar-refractivity contribution in [2.75, 3.05) is 13.1 Å². The van der Waals surface area contributed by atoms with Crippen molar-refractivity contribution in [2.24, 2.45) is 0 Å². The van der Waals surface area contributed by atoms with E-state index < -0.39 is 0 Å². The summed E-state index contributed by atoms with van der Waals surface area (Å²) in [6, 6.07) is 0. The van der Waals surface area contributed by atoms with Crippen LogP contribution in [-0.4, -0.2) is 38.6 Å². The van der Waals surface area contributed by atoms with Gasteiger partial charge < -0.3 is 5.11 Å². The van der Waals surface area contributed by atoms with Gasteiger partial charge in [-0.3, -0.25) is 9.30 Å². The third-order valence-electron chi connectivity index (χ3n) is 3.98. The molecule has 4 rings (SSSR count). The third kappa shape index (κ3) is 1.77. The Balaban J connectivity index is 1.68. The summed E-state index contributed by atoms with van der Waals surface area (Å²) in [6.07, 6.45) is 5.48. The quantitative estimate of drug-likeness (QED) is 0.918. The maximum atomic E-state index is 9.63. The first kappa shape index (κ1) is 11.0. The van der Waals surface area contributed by atoms with Crippen LogP contribution in [0.2, 0.25) is 0 Å². The fourth-order valence-corrected chi connectivity index (χ4v) is 3.60. The van der Waals surface area contributed by atoms with Crippen molar-refractivity contribution >= 4 is 16.3 Å². The lowest BCUT2D eigenvalue weighted by molar-refractivity contribution is 0.174. The number of hydrogen-bond donors (Lipinski definition) is 1. The molecule has 0 amide bonds. The number of fused-ring (bicyclic) bond motifs is 1. The van der Waals surface area contributed by atoms with Gasteiger partial charge in [0.05, 0.1) is 17.5 Å². The highest BCUT2D eigenvalue weighted by Gasteiger charge is 2.31. The summed E-state index contributed by atoms with van der Waals surface area (Å²) in [5.41, 5.74) is 2.66. The minimum Gasteiger partial charge on any atom is -0.392 e. The predicted molar refractivity (Wildman–Crippen MR) is 70.9 cm³/mol. The molecule has 1 N–H and O–H groups in total. The van der Waals surface area contributed by atoms with Crippen LogP contribution < -0.4 is 0 Å². The third-order valence-corrected chi connectivity index (χ3v) is 4.73. The summed E-state index contributed by atoms with van der Waals surface area (Å²) in [7, 11) is 0. The predicted octanol–water partition coefficient (Wildman–Crippen LogP) is 1.84. The van der Waals surface area contributed by atoms with Crippen LogP contribution in [0.1, 0.15) is 36.6 Å². The first-order chi connectivity index (χ1) is 8.81. The maximum Gasteiger partial charge on any atom is 0.194 e. The van der Waals surface area contributed by atoms with Crippen molar-refractivity contribution in [1.29, 1.82) is 0 Å². The molecular weight excluding hydrogens is 246 g/mol. The van der Waals surface area contributed by atoms with E-state index in [-0.39, 0.29) is 6.10 Å². The Morgan fingerprint density at radius 2 is 2.28 bits per heavy atom. The molecule has 1 aliphatic carbocycles. The molecule has 1 saturated carbocycles. The Bertz CT molecular complexity index is 572. The van der Waals surface area contributed by atoms with Crippen molar-refractivity contribution in [3.8, 4) is 0 Å². The molecule has 0 unspecified atom stereocenters. The SMILES string of the molecule is O[C@@H]1CCN(Cc2c(C3CC3)nc3sccn23)C1. The van der Waals surface area contributed by atoms with Crippen molar-refractivity contribution < 1.29 is 5.11 Å². The van der Waals surface area contributed by atoms with Gasteiger partial charge in [0.2, 0.25) is 0 Å². The van der Waals surface area contributed by atoms with Gasteiger partial charge in [-0.1, -0.05) is 0 Å². The molecule has 0 radical (unpaired) electrons. The Morgan fingerprint density at radius 3 is 3.00 bits per heavy atom. The Morgan fingerprint density at radius 1 is 1.39 bits per heavy atom. The highest BCUT2D eigenvalue weighted by molar-refractivity contribution is 7.15. The zero-order valence-corrected chi connectivity index (χ0v) is 11.1. The topological polar surface area (TPSA) is 40.8 Å². The molecule has 4 nitrogen and oxygen atoms in total. The summed E-state index contributed by atoms with van der Waals surface area (Å²) in [5.74, 6) is 0.694. The summed E-state index contributed by atoms with van der Waals surface area (Å²) in [4.78, 5) is 8.25. The second kappa shape index (κ2) is 4.05. The second-order valence-corrected chi connectivity index (χ2v) is 6.32. The van der Waals surface area contributed by atoms with Gasteiger partial charge in [-0.2, -0.15) is 0 Å². The average molecular weight is 263 g/mol. The number of thiazole rings is 1. The van der Waals surface area contributed by atoms with Gasteiger partial charge in [-0.05, 0) is 19.3 Å². The monoisotopic (exact) mass is 263 g/mol. The van der Waals surface area contributed by atoms with Crippen LogP contribution in [0.3, 0.4) is 0 Å². The van der Waals surface area contributed by atoms with Gasteiger partial charge in [0, 0.05) is 37.1 Å². The first-order valence-corrected chi connectivity index (χ1v) is 7.54. The van der Waals surface area contributed by atoms with Crippen molar-refractivity contribution in [3.63, 3.8) is 0 Å². The van der Waals surface area contributed by atoms with Crippen molar-refractivity contribution in [3.05, 3.63) is 23.0 Å². The zero-order valence-electron chi connectivity index (χ0n) is 10.2. The molecule has 1 atom stereocenters. The van der Waals surface area contributed by atoms with Gasteiger partial charge in [-0.15, -0.1) is 11.3 Å². The van der Waals surface area contributed by atoms with Crippen molar-refractivity contribution in [2.45, 2.75) is 37.8 Å². The number of imidazole rings is 1. The van der Waals surface area contributed by atoms with E-state index >= 15 is 0 Å². The maximum absolute atomic E-state index is 9.63. The molecule has 0 spiro atoms. The largest absolute Gasteiger partial charge is 0.392 e. The van der Waals surface area contributed by atoms with E-state index in [2.05, 4.69) is 20.9 Å². The van der Waals surface area contributed by atoms with E-state index in [0.29, 0.717) is 5.92 Å². The molecule has 2 aliphatic rings. The van der Waals surface area contributed by atoms with Gasteiger partial charge in [-0.25, -0.2) is 4.98 Å². The second-order valence-electron chi connectivity index (χ2n) is 5.45. The van der Waals surface area contributed by atoms with Crippen LogP contribution in [0.4, 0.5) is 0 Å². The summed E-state index contributed by atoms with van der Waals surface area (Å²) < 4.78 is 2.24. The molecule has 1 aliphatic heterocycles. The fraction of sp³-hybridized carbons (Fsp3) is 0.615. The van der Waals surface area contributed by atoms with E-state index in [1.165, 1.54) is 24.2 Å². The molecular formula is C13H17N3OS. The highest BCUT2D eigenvalue weighted by Crippen LogP contribution is 2.42. The minimum absolute atomic E-state index is 0.139. The van der Waals surface area contributed by atoms with Crippen LogP contribution in [-0.2, 0) is 6.54 Å². The standard InChI is InChI=1S/C13H17N3OS/c17-10-3-4-15(7-10)8-11-12(9-1-2-9)14-13-16(11)5-6-18-13/h5-6,9-10,17H,1-4,7-8H2/t10-/m1/s1. The summed E-state index contributed by atoms with van der Waals surface area (Å²) in [6.45, 7) is 2.74. The molecule has 96 valence electrons. The summed E-state index contributed by atoms with van der Waals surface area (Å²) >= 11 is 1.71. The van der Waals surface area contributed by atoms with E-state index in [9.17, 15) is 5.11 Å². The molecule has 3 heterocycles. The van der Waals surface area contributed by atoms with E-state index in [4.69, 9.17) is 4.98 Å². The van der Waals surface area contributed by atoms with Crippen LogP contribution in [0.5, 0.6) is 0 Å². The number of nitrogens with zero attached hydrogens (tertiary/aromatic N) is 3. The molecule has 5 heteroatoms. The van der Waals surface area contributed by atoms with Crippen LogP contribution in [0.25, 0.3) is 4.96 Å². The number of aliphatic hydroxyl groups excluding tert-OH is 1. The van der Waals surface area contributed by atoms with Gasteiger partial charge in [0.15, 0.2) is 4.96 Å². The number of aromatic nitrogens is 2. The number of aliphatic hydroxyl groups is 1. The lowest BCUT2D eigenvalue weighted by atomic mass is 10.2. The van der Waals surface area contributed by atoms with Gasteiger partial charge >= 0.3 is 0 Å². The van der Waals surface area contributed by atoms with E-state index in [1.807, 2.05) is 0 Å². The first-order valence-electron chi connectivity index (χ1n) is 6.66. The normalized spacial score (nSPS) is 25.3. The zero-order chi connectivity index (χ0) is 12.1. The Labute approximate surface area is 110 Å². The molecule has 0 aromatic carbocycles. The summed E-state index contributed by atoms with van der Waals surface area (Å²) in [5, 5.41) is 11.7. The Hall–Kier alpha value is -0.910. The lowest BCUT2D eigenvalue weighted by Gasteiger charge is -2.15. The number of β-amino-alcohol motifs (C(OH)–C–C–N with tert-alkyl or cyclic N) is 1. The molecule has 0 bridgehead atoms. The molecule has 2 aromatic rings. The number of hydrogen-bond acceptors (Lipinski definition) is 4. The van der Waals surface area contributed by atoms with Crippen LogP contribution >= 0.6 is 11.3 Å².